The summed E-state index contributed by atoms with van der Waals surface area (Å²) in [5.74, 6) is 2.38. The largest absolute Gasteiger partial charge is 0.493 e. The van der Waals surface area contributed by atoms with Crippen LogP contribution in [0.5, 0.6) is 5.75 Å². The van der Waals surface area contributed by atoms with Crippen molar-refractivity contribution in [2.75, 3.05) is 18.9 Å². The molecule has 0 aromatic heterocycles. The van der Waals surface area contributed by atoms with Gasteiger partial charge in [-0.05, 0) is 36.3 Å². The molecule has 1 fully saturated rings. The minimum atomic E-state index is 0.780. The maximum absolute atomic E-state index is 6.17. The summed E-state index contributed by atoms with van der Waals surface area (Å²) in [6.45, 7) is 2.74. The van der Waals surface area contributed by atoms with Gasteiger partial charge in [0.25, 0.3) is 0 Å². The van der Waals surface area contributed by atoms with E-state index in [-0.39, 0.29) is 0 Å². The van der Waals surface area contributed by atoms with E-state index in [2.05, 4.69) is 17.1 Å². The smallest absolute Gasteiger partial charge is 0.127 e. The van der Waals surface area contributed by atoms with Gasteiger partial charge in [-0.15, -0.1) is 0 Å². The highest BCUT2D eigenvalue weighted by Crippen LogP contribution is 2.33. The highest BCUT2D eigenvalue weighted by molar-refractivity contribution is 7.99. The standard InChI is InChI=1S/C15H20ClNOS/c16-13-7-11-4-5-18-15(11)12(8-13)9-17-10-14-3-1-2-6-19-14/h7-8,14,17H,1-6,9-10H2. The second-order valence-corrected chi connectivity index (χ2v) is 7.12. The first-order chi connectivity index (χ1) is 9.33. The Bertz CT molecular complexity index is 446. The van der Waals surface area contributed by atoms with Gasteiger partial charge in [-0.1, -0.05) is 18.0 Å². The number of nitrogens with one attached hydrogen (secondary N) is 1. The summed E-state index contributed by atoms with van der Waals surface area (Å²) in [5.41, 5.74) is 2.47. The second-order valence-electron chi connectivity index (χ2n) is 5.27. The van der Waals surface area contributed by atoms with Crippen LogP contribution in [-0.2, 0) is 13.0 Å². The molecule has 0 bridgehead atoms. The van der Waals surface area contributed by atoms with Crippen molar-refractivity contribution < 1.29 is 4.74 Å². The lowest BCUT2D eigenvalue weighted by molar-refractivity contribution is 0.352. The van der Waals surface area contributed by atoms with Crippen molar-refractivity contribution >= 4 is 23.4 Å². The number of benzene rings is 1. The van der Waals surface area contributed by atoms with Crippen molar-refractivity contribution in [1.29, 1.82) is 0 Å². The van der Waals surface area contributed by atoms with Crippen LogP contribution in [0.3, 0.4) is 0 Å². The van der Waals surface area contributed by atoms with Gasteiger partial charge in [0.05, 0.1) is 6.61 Å². The normalized spacial score (nSPS) is 22.1. The van der Waals surface area contributed by atoms with E-state index < -0.39 is 0 Å². The molecule has 2 nitrogen and oxygen atoms in total. The van der Waals surface area contributed by atoms with Gasteiger partial charge < -0.3 is 10.1 Å². The van der Waals surface area contributed by atoms with Crippen LogP contribution in [0, 0.1) is 0 Å². The van der Waals surface area contributed by atoms with Gasteiger partial charge in [-0.3, -0.25) is 0 Å². The van der Waals surface area contributed by atoms with E-state index in [0.717, 1.165) is 42.1 Å². The van der Waals surface area contributed by atoms with Crippen LogP contribution >= 0.6 is 23.4 Å². The third-order valence-electron chi connectivity index (χ3n) is 3.79. The van der Waals surface area contributed by atoms with Crippen LogP contribution in [0.2, 0.25) is 5.02 Å². The Morgan fingerprint density at radius 3 is 3.16 bits per heavy atom. The Morgan fingerprint density at radius 1 is 1.37 bits per heavy atom. The third-order valence-corrected chi connectivity index (χ3v) is 5.40. The van der Waals surface area contributed by atoms with Crippen molar-refractivity contribution in [3.05, 3.63) is 28.3 Å². The molecule has 0 saturated carbocycles. The first-order valence-electron chi connectivity index (χ1n) is 7.09. The van der Waals surface area contributed by atoms with Gasteiger partial charge >= 0.3 is 0 Å². The SMILES string of the molecule is Clc1cc2c(c(CNCC3CCCCS3)c1)OCC2. The molecule has 0 spiro atoms. The number of rotatable bonds is 4. The highest BCUT2D eigenvalue weighted by Gasteiger charge is 2.18. The Labute approximate surface area is 124 Å². The minimum absolute atomic E-state index is 0.780. The number of halogens is 1. The molecule has 2 aliphatic rings. The summed E-state index contributed by atoms with van der Waals surface area (Å²) in [5, 5.41) is 5.18. The van der Waals surface area contributed by atoms with Crippen LogP contribution in [0.1, 0.15) is 30.4 Å². The first kappa shape index (κ1) is 13.6. The molecule has 1 aromatic rings. The minimum Gasteiger partial charge on any atom is -0.493 e. The van der Waals surface area contributed by atoms with Crippen molar-refractivity contribution in [3.8, 4) is 5.75 Å². The molecule has 1 unspecified atom stereocenters. The zero-order valence-electron chi connectivity index (χ0n) is 11.1. The Morgan fingerprint density at radius 2 is 2.32 bits per heavy atom. The molecule has 3 rings (SSSR count). The van der Waals surface area contributed by atoms with E-state index in [4.69, 9.17) is 16.3 Å². The van der Waals surface area contributed by atoms with Crippen LogP contribution < -0.4 is 10.1 Å². The van der Waals surface area contributed by atoms with Crippen molar-refractivity contribution in [2.24, 2.45) is 0 Å². The highest BCUT2D eigenvalue weighted by atomic mass is 35.5. The number of hydrogen-bond acceptors (Lipinski definition) is 3. The molecule has 1 saturated heterocycles. The lowest BCUT2D eigenvalue weighted by atomic mass is 10.1. The predicted octanol–water partition coefficient (Wildman–Crippen LogP) is 3.65. The van der Waals surface area contributed by atoms with E-state index in [1.807, 2.05) is 12.1 Å². The van der Waals surface area contributed by atoms with Crippen LogP contribution in [0.15, 0.2) is 12.1 Å². The zero-order valence-corrected chi connectivity index (χ0v) is 12.7. The lowest BCUT2D eigenvalue weighted by Crippen LogP contribution is -2.26. The molecule has 0 aliphatic carbocycles. The Kier molecular flexibility index (Phi) is 4.57. The van der Waals surface area contributed by atoms with E-state index in [0.29, 0.717) is 0 Å². The first-order valence-corrected chi connectivity index (χ1v) is 8.52. The Balaban J connectivity index is 1.57. The summed E-state index contributed by atoms with van der Waals surface area (Å²) in [6, 6.07) is 4.07. The number of hydrogen-bond donors (Lipinski definition) is 1. The quantitative estimate of drug-likeness (QED) is 0.916. The molecule has 4 heteroatoms. The third kappa shape index (κ3) is 3.39. The summed E-state index contributed by atoms with van der Waals surface area (Å²) < 4.78 is 5.72. The molecular weight excluding hydrogens is 278 g/mol. The fourth-order valence-electron chi connectivity index (χ4n) is 2.81. The van der Waals surface area contributed by atoms with Gasteiger partial charge in [0, 0.05) is 35.3 Å². The molecule has 0 amide bonds. The van der Waals surface area contributed by atoms with Crippen molar-refractivity contribution in [2.45, 2.75) is 37.5 Å². The van der Waals surface area contributed by atoms with E-state index in [1.54, 1.807) is 0 Å². The van der Waals surface area contributed by atoms with Gasteiger partial charge in [-0.2, -0.15) is 11.8 Å². The van der Waals surface area contributed by atoms with Crippen molar-refractivity contribution in [3.63, 3.8) is 0 Å². The molecule has 2 heterocycles. The Hall–Kier alpha value is -0.380. The molecule has 1 atom stereocenters. The molecular formula is C15H20ClNOS. The number of thioether (sulfide) groups is 1. The topological polar surface area (TPSA) is 21.3 Å². The van der Waals surface area contributed by atoms with Crippen LogP contribution in [-0.4, -0.2) is 24.2 Å². The molecule has 0 radical (unpaired) electrons. The molecule has 2 aliphatic heterocycles. The predicted molar refractivity (Wildman–Crippen MR) is 82.5 cm³/mol. The number of ether oxygens (including phenoxy) is 1. The van der Waals surface area contributed by atoms with Gasteiger partial charge in [0.2, 0.25) is 0 Å². The van der Waals surface area contributed by atoms with Gasteiger partial charge in [0.15, 0.2) is 0 Å². The molecule has 1 aromatic carbocycles. The number of fused-ring (bicyclic) bond motifs is 1. The summed E-state index contributed by atoms with van der Waals surface area (Å²) >= 11 is 8.28. The molecule has 1 N–H and O–H groups in total. The lowest BCUT2D eigenvalue weighted by Gasteiger charge is -2.21. The molecule has 19 heavy (non-hydrogen) atoms. The zero-order chi connectivity index (χ0) is 13.1. The van der Waals surface area contributed by atoms with E-state index >= 15 is 0 Å². The maximum Gasteiger partial charge on any atom is 0.127 e. The van der Waals surface area contributed by atoms with Crippen molar-refractivity contribution in [1.82, 2.24) is 5.32 Å². The fraction of sp³-hybridized carbons (Fsp3) is 0.600. The van der Waals surface area contributed by atoms with Crippen LogP contribution in [0.25, 0.3) is 0 Å². The average molecular weight is 298 g/mol. The molecule has 104 valence electrons. The maximum atomic E-state index is 6.17. The van der Waals surface area contributed by atoms with Gasteiger partial charge in [0.1, 0.15) is 5.75 Å². The van der Waals surface area contributed by atoms with E-state index in [9.17, 15) is 0 Å². The monoisotopic (exact) mass is 297 g/mol. The second kappa shape index (κ2) is 6.38. The van der Waals surface area contributed by atoms with Gasteiger partial charge in [-0.25, -0.2) is 0 Å². The average Bonchev–Trinajstić information content (AvgIpc) is 2.88. The summed E-state index contributed by atoms with van der Waals surface area (Å²) in [6.07, 6.45) is 5.11. The summed E-state index contributed by atoms with van der Waals surface area (Å²) in [4.78, 5) is 0. The fourth-order valence-corrected chi connectivity index (χ4v) is 4.35. The summed E-state index contributed by atoms with van der Waals surface area (Å²) in [7, 11) is 0. The van der Waals surface area contributed by atoms with Crippen LogP contribution in [0.4, 0.5) is 0 Å². The van der Waals surface area contributed by atoms with E-state index in [1.165, 1.54) is 36.1 Å².